The summed E-state index contributed by atoms with van der Waals surface area (Å²) in [4.78, 5) is 32.2. The highest BCUT2D eigenvalue weighted by Crippen LogP contribution is 2.20. The third kappa shape index (κ3) is 4.01. The van der Waals surface area contributed by atoms with Crippen molar-refractivity contribution in [1.29, 1.82) is 0 Å². The molecule has 3 aromatic rings. The summed E-state index contributed by atoms with van der Waals surface area (Å²) in [6.07, 6.45) is 8.51. The molecule has 4 rings (SSSR count). The molecular formula is C23H26N4O2. The van der Waals surface area contributed by atoms with E-state index in [1.165, 1.54) is 12.8 Å². The number of imidazole rings is 1. The predicted molar refractivity (Wildman–Crippen MR) is 113 cm³/mol. The standard InChI is InChI=1S/C23H26N4O2/c1-26(18-13-7-4-8-14-18)23(29)21-25-20(19-15-9-10-16-27(19)21)22(28)24-17-11-5-2-3-6-12-17/h4,7-10,13-17H,2-3,5-6,11-12H2,1H3,(H,24,28). The molecule has 0 bridgehead atoms. The first-order valence-electron chi connectivity index (χ1n) is 10.3. The Hall–Kier alpha value is -3.15. The Morgan fingerprint density at radius 3 is 2.41 bits per heavy atom. The third-order valence-electron chi connectivity index (χ3n) is 5.59. The molecule has 1 aliphatic carbocycles. The van der Waals surface area contributed by atoms with Crippen LogP contribution < -0.4 is 10.2 Å². The summed E-state index contributed by atoms with van der Waals surface area (Å²) in [5, 5.41) is 3.14. The minimum absolute atomic E-state index is 0.177. The van der Waals surface area contributed by atoms with Crippen molar-refractivity contribution in [3.8, 4) is 0 Å². The Kier molecular flexibility index (Phi) is 5.60. The average molecular weight is 390 g/mol. The predicted octanol–water partition coefficient (Wildman–Crippen LogP) is 4.06. The number of carbonyl (C=O) groups excluding carboxylic acids is 2. The summed E-state index contributed by atoms with van der Waals surface area (Å²) in [6, 6.07) is 15.1. The molecule has 0 saturated heterocycles. The van der Waals surface area contributed by atoms with Gasteiger partial charge in [-0.25, -0.2) is 4.98 Å². The molecular weight excluding hydrogens is 364 g/mol. The maximum absolute atomic E-state index is 13.1. The highest BCUT2D eigenvalue weighted by Gasteiger charge is 2.25. The third-order valence-corrected chi connectivity index (χ3v) is 5.59. The van der Waals surface area contributed by atoms with Crippen molar-refractivity contribution in [2.75, 3.05) is 11.9 Å². The lowest BCUT2D eigenvalue weighted by atomic mass is 10.1. The van der Waals surface area contributed by atoms with Gasteiger partial charge in [0.05, 0.1) is 5.52 Å². The molecule has 2 aromatic heterocycles. The Balaban J connectivity index is 1.64. The second kappa shape index (κ2) is 8.47. The van der Waals surface area contributed by atoms with E-state index in [1.54, 1.807) is 22.5 Å². The van der Waals surface area contributed by atoms with E-state index in [0.717, 1.165) is 31.4 Å². The first-order valence-corrected chi connectivity index (χ1v) is 10.3. The van der Waals surface area contributed by atoms with Crippen LogP contribution in [-0.2, 0) is 0 Å². The zero-order valence-corrected chi connectivity index (χ0v) is 16.7. The van der Waals surface area contributed by atoms with Gasteiger partial charge in [-0.1, -0.05) is 49.9 Å². The van der Waals surface area contributed by atoms with E-state index in [0.29, 0.717) is 11.2 Å². The van der Waals surface area contributed by atoms with Crippen LogP contribution >= 0.6 is 0 Å². The molecule has 0 atom stereocenters. The first kappa shape index (κ1) is 19.2. The van der Waals surface area contributed by atoms with Crippen molar-refractivity contribution in [3.05, 3.63) is 66.2 Å². The molecule has 1 fully saturated rings. The number of hydrogen-bond donors (Lipinski definition) is 1. The average Bonchev–Trinajstić information content (AvgIpc) is 2.96. The van der Waals surface area contributed by atoms with Gasteiger partial charge >= 0.3 is 0 Å². The number of benzene rings is 1. The summed E-state index contributed by atoms with van der Waals surface area (Å²) in [5.74, 6) is -0.231. The number of amides is 2. The number of nitrogens with zero attached hydrogens (tertiary/aromatic N) is 3. The molecule has 1 aliphatic rings. The van der Waals surface area contributed by atoms with Gasteiger partial charge in [-0.15, -0.1) is 0 Å². The molecule has 1 saturated carbocycles. The molecule has 1 aromatic carbocycles. The van der Waals surface area contributed by atoms with Crippen molar-refractivity contribution < 1.29 is 9.59 Å². The van der Waals surface area contributed by atoms with Crippen molar-refractivity contribution >= 4 is 23.0 Å². The molecule has 6 nitrogen and oxygen atoms in total. The molecule has 0 radical (unpaired) electrons. The monoisotopic (exact) mass is 390 g/mol. The number of hydrogen-bond acceptors (Lipinski definition) is 3. The fourth-order valence-corrected chi connectivity index (χ4v) is 3.95. The minimum Gasteiger partial charge on any atom is -0.348 e. The number of carbonyl (C=O) groups is 2. The fourth-order valence-electron chi connectivity index (χ4n) is 3.95. The number of aromatic nitrogens is 2. The van der Waals surface area contributed by atoms with Crippen LogP contribution in [0.5, 0.6) is 0 Å². The SMILES string of the molecule is CN(C(=O)c1nc(C(=O)NC2CCCCCC2)c2ccccn12)c1ccccc1. The number of pyridine rings is 1. The Morgan fingerprint density at radius 1 is 1.00 bits per heavy atom. The van der Waals surface area contributed by atoms with Crippen LogP contribution in [-0.4, -0.2) is 34.3 Å². The van der Waals surface area contributed by atoms with E-state index >= 15 is 0 Å². The summed E-state index contributed by atoms with van der Waals surface area (Å²) in [7, 11) is 1.72. The van der Waals surface area contributed by atoms with Crippen LogP contribution in [0.15, 0.2) is 54.7 Å². The summed E-state index contributed by atoms with van der Waals surface area (Å²) in [5.41, 5.74) is 1.72. The maximum atomic E-state index is 13.1. The number of anilines is 1. The Labute approximate surface area is 170 Å². The number of fused-ring (bicyclic) bond motifs is 1. The van der Waals surface area contributed by atoms with E-state index in [4.69, 9.17) is 0 Å². The second-order valence-electron chi connectivity index (χ2n) is 7.60. The van der Waals surface area contributed by atoms with Gasteiger partial charge < -0.3 is 10.2 Å². The van der Waals surface area contributed by atoms with Crippen LogP contribution in [0.1, 0.15) is 59.6 Å². The van der Waals surface area contributed by atoms with Gasteiger partial charge in [0, 0.05) is 25.0 Å². The normalized spacial score (nSPS) is 15.1. The van der Waals surface area contributed by atoms with Crippen LogP contribution in [0.25, 0.3) is 5.52 Å². The largest absolute Gasteiger partial charge is 0.348 e. The summed E-state index contributed by atoms with van der Waals surface area (Å²) >= 11 is 0. The van der Waals surface area contributed by atoms with Crippen molar-refractivity contribution in [1.82, 2.24) is 14.7 Å². The van der Waals surface area contributed by atoms with Gasteiger partial charge in [0.1, 0.15) is 0 Å². The highest BCUT2D eigenvalue weighted by molar-refractivity contribution is 6.07. The van der Waals surface area contributed by atoms with E-state index in [-0.39, 0.29) is 23.7 Å². The van der Waals surface area contributed by atoms with Crippen molar-refractivity contribution in [2.24, 2.45) is 0 Å². The molecule has 6 heteroatoms. The first-order chi connectivity index (χ1) is 14.1. The van der Waals surface area contributed by atoms with Gasteiger partial charge in [-0.05, 0) is 37.1 Å². The van der Waals surface area contributed by atoms with Gasteiger partial charge in [0.15, 0.2) is 5.69 Å². The maximum Gasteiger partial charge on any atom is 0.294 e. The van der Waals surface area contributed by atoms with Gasteiger partial charge in [-0.3, -0.25) is 14.0 Å². The topological polar surface area (TPSA) is 66.7 Å². The smallest absolute Gasteiger partial charge is 0.294 e. The van der Waals surface area contributed by atoms with Crippen LogP contribution in [0.4, 0.5) is 5.69 Å². The highest BCUT2D eigenvalue weighted by atomic mass is 16.2. The minimum atomic E-state index is -0.258. The van der Waals surface area contributed by atoms with Crippen LogP contribution in [0.3, 0.4) is 0 Å². The van der Waals surface area contributed by atoms with E-state index in [1.807, 2.05) is 48.5 Å². The van der Waals surface area contributed by atoms with Gasteiger partial charge in [-0.2, -0.15) is 0 Å². The zero-order chi connectivity index (χ0) is 20.2. The molecule has 2 amide bonds. The molecule has 0 spiro atoms. The molecule has 150 valence electrons. The molecule has 1 N–H and O–H groups in total. The number of rotatable bonds is 4. The van der Waals surface area contributed by atoms with E-state index in [2.05, 4.69) is 10.3 Å². The quantitative estimate of drug-likeness (QED) is 0.683. The van der Waals surface area contributed by atoms with E-state index < -0.39 is 0 Å². The Morgan fingerprint density at radius 2 is 1.69 bits per heavy atom. The van der Waals surface area contributed by atoms with Crippen LogP contribution in [0.2, 0.25) is 0 Å². The van der Waals surface area contributed by atoms with Crippen molar-refractivity contribution in [2.45, 2.75) is 44.6 Å². The van der Waals surface area contributed by atoms with Crippen LogP contribution in [0, 0.1) is 0 Å². The lowest BCUT2D eigenvalue weighted by Gasteiger charge is -2.16. The lowest BCUT2D eigenvalue weighted by Crippen LogP contribution is -2.34. The summed E-state index contributed by atoms with van der Waals surface area (Å²) < 4.78 is 1.70. The molecule has 0 aliphatic heterocycles. The lowest BCUT2D eigenvalue weighted by molar-refractivity contribution is 0.0930. The molecule has 0 unspecified atom stereocenters. The molecule has 29 heavy (non-hydrogen) atoms. The van der Waals surface area contributed by atoms with Gasteiger partial charge in [0.2, 0.25) is 5.82 Å². The Bertz CT molecular complexity index is 1000. The number of para-hydroxylation sites is 1. The summed E-state index contributed by atoms with van der Waals surface area (Å²) in [6.45, 7) is 0. The second-order valence-corrected chi connectivity index (χ2v) is 7.60. The molecule has 2 heterocycles. The fraction of sp³-hybridized carbons (Fsp3) is 0.348. The zero-order valence-electron chi connectivity index (χ0n) is 16.7. The van der Waals surface area contributed by atoms with Gasteiger partial charge in [0.25, 0.3) is 11.8 Å². The number of nitrogens with one attached hydrogen (secondary N) is 1. The van der Waals surface area contributed by atoms with E-state index in [9.17, 15) is 9.59 Å². The van der Waals surface area contributed by atoms with Crippen molar-refractivity contribution in [3.63, 3.8) is 0 Å².